The molecule has 1 fully saturated rings. The van der Waals surface area contributed by atoms with Gasteiger partial charge in [0, 0.05) is 6.20 Å². The van der Waals surface area contributed by atoms with Crippen molar-refractivity contribution < 1.29 is 17.9 Å². The first kappa shape index (κ1) is 11.0. The number of sulfone groups is 1. The van der Waals surface area contributed by atoms with E-state index in [-0.39, 0.29) is 23.8 Å². The van der Waals surface area contributed by atoms with Crippen LogP contribution in [-0.4, -0.2) is 37.8 Å². The minimum atomic E-state index is -3.57. The first-order chi connectivity index (χ1) is 7.53. The van der Waals surface area contributed by atoms with Gasteiger partial charge in [0.15, 0.2) is 9.84 Å². The van der Waals surface area contributed by atoms with Crippen LogP contribution in [0.15, 0.2) is 23.2 Å². The Bertz CT molecular complexity index is 522. The largest absolute Gasteiger partial charge is 0.379 e. The lowest BCUT2D eigenvalue weighted by Gasteiger charge is -2.25. The maximum absolute atomic E-state index is 12.0. The first-order valence-corrected chi connectivity index (χ1v) is 6.14. The van der Waals surface area contributed by atoms with E-state index in [1.165, 1.54) is 18.3 Å². The molecule has 2 N–H and O–H groups in total. The summed E-state index contributed by atoms with van der Waals surface area (Å²) in [5.41, 5.74) is 4.86. The summed E-state index contributed by atoms with van der Waals surface area (Å²) in [6.07, 6.45) is 1.33. The van der Waals surface area contributed by atoms with E-state index in [1.807, 2.05) is 0 Å². The van der Waals surface area contributed by atoms with Crippen molar-refractivity contribution in [3.8, 4) is 0 Å². The molecule has 0 spiro atoms. The van der Waals surface area contributed by atoms with Crippen LogP contribution in [0, 0.1) is 0 Å². The van der Waals surface area contributed by atoms with Crippen molar-refractivity contribution in [1.82, 2.24) is 4.98 Å². The number of primary amides is 1. The number of nitrogens with zero attached hydrogens (tertiary/aromatic N) is 1. The van der Waals surface area contributed by atoms with Crippen molar-refractivity contribution in [3.63, 3.8) is 0 Å². The molecule has 6 nitrogen and oxygen atoms in total. The van der Waals surface area contributed by atoms with Crippen molar-refractivity contribution in [3.05, 3.63) is 24.0 Å². The average molecular weight is 242 g/mol. The van der Waals surface area contributed by atoms with Crippen LogP contribution in [0.25, 0.3) is 0 Å². The maximum atomic E-state index is 12.0. The van der Waals surface area contributed by atoms with Gasteiger partial charge in [-0.2, -0.15) is 0 Å². The second kappa shape index (κ2) is 3.84. The summed E-state index contributed by atoms with van der Waals surface area (Å²) in [5, 5.41) is -0.602. The van der Waals surface area contributed by atoms with Gasteiger partial charge in [-0.25, -0.2) is 13.4 Å². The van der Waals surface area contributed by atoms with Crippen LogP contribution < -0.4 is 5.73 Å². The first-order valence-electron chi connectivity index (χ1n) is 4.60. The van der Waals surface area contributed by atoms with Crippen LogP contribution >= 0.6 is 0 Å². The van der Waals surface area contributed by atoms with Gasteiger partial charge >= 0.3 is 0 Å². The van der Waals surface area contributed by atoms with Crippen molar-refractivity contribution in [2.45, 2.75) is 10.1 Å². The number of rotatable bonds is 3. The third-order valence-electron chi connectivity index (χ3n) is 2.36. The molecule has 2 rings (SSSR count). The number of amides is 1. The highest BCUT2D eigenvalue weighted by atomic mass is 32.2. The Kier molecular flexibility index (Phi) is 2.64. The van der Waals surface area contributed by atoms with E-state index in [0.717, 1.165) is 0 Å². The summed E-state index contributed by atoms with van der Waals surface area (Å²) < 4.78 is 28.9. The third kappa shape index (κ3) is 1.68. The number of hydrogen-bond acceptors (Lipinski definition) is 5. The summed E-state index contributed by atoms with van der Waals surface area (Å²) in [6.45, 7) is 0.296. The van der Waals surface area contributed by atoms with Gasteiger partial charge < -0.3 is 10.5 Å². The molecular formula is C9H10N2O4S. The molecule has 86 valence electrons. The van der Waals surface area contributed by atoms with Gasteiger partial charge in [-0.05, 0) is 12.1 Å². The van der Waals surface area contributed by atoms with Crippen LogP contribution in [0.5, 0.6) is 0 Å². The van der Waals surface area contributed by atoms with Crippen molar-refractivity contribution in [1.29, 1.82) is 0 Å². The molecule has 1 saturated heterocycles. The van der Waals surface area contributed by atoms with Crippen LogP contribution in [0.4, 0.5) is 0 Å². The topological polar surface area (TPSA) is 99.4 Å². The predicted molar refractivity (Wildman–Crippen MR) is 54.5 cm³/mol. The van der Waals surface area contributed by atoms with Crippen molar-refractivity contribution in [2.24, 2.45) is 5.73 Å². The Morgan fingerprint density at radius 2 is 2.19 bits per heavy atom. The van der Waals surface area contributed by atoms with Gasteiger partial charge in [0.1, 0.15) is 10.9 Å². The van der Waals surface area contributed by atoms with Crippen LogP contribution in [0.1, 0.15) is 10.5 Å². The summed E-state index contributed by atoms with van der Waals surface area (Å²) in [7, 11) is -3.57. The Morgan fingerprint density at radius 1 is 1.50 bits per heavy atom. The number of hydrogen-bond donors (Lipinski definition) is 1. The predicted octanol–water partition coefficient (Wildman–Crippen LogP) is -0.647. The van der Waals surface area contributed by atoms with Gasteiger partial charge in [-0.3, -0.25) is 4.79 Å². The molecule has 0 unspecified atom stereocenters. The zero-order valence-corrected chi connectivity index (χ0v) is 9.11. The highest BCUT2D eigenvalue weighted by Gasteiger charge is 2.36. The van der Waals surface area contributed by atoms with Crippen LogP contribution in [0.3, 0.4) is 0 Å². The highest BCUT2D eigenvalue weighted by Crippen LogP contribution is 2.23. The van der Waals surface area contributed by atoms with Crippen molar-refractivity contribution in [2.75, 3.05) is 13.2 Å². The molecule has 1 aliphatic heterocycles. The maximum Gasteiger partial charge on any atom is 0.268 e. The molecule has 0 radical (unpaired) electrons. The van der Waals surface area contributed by atoms with E-state index in [4.69, 9.17) is 10.5 Å². The fourth-order valence-corrected chi connectivity index (χ4v) is 2.98. The molecular weight excluding hydrogens is 232 g/mol. The fourth-order valence-electron chi connectivity index (χ4n) is 1.38. The van der Waals surface area contributed by atoms with Gasteiger partial charge in [-0.1, -0.05) is 0 Å². The summed E-state index contributed by atoms with van der Waals surface area (Å²) in [4.78, 5) is 14.6. The quantitative estimate of drug-likeness (QED) is 0.759. The van der Waals surface area contributed by atoms with E-state index < -0.39 is 21.0 Å². The molecule has 1 aromatic rings. The molecule has 1 aromatic heterocycles. The molecule has 0 aliphatic carbocycles. The zero-order valence-electron chi connectivity index (χ0n) is 8.29. The Labute approximate surface area is 92.3 Å². The average Bonchev–Trinajstić information content (AvgIpc) is 2.14. The van der Waals surface area contributed by atoms with E-state index in [9.17, 15) is 13.2 Å². The van der Waals surface area contributed by atoms with E-state index in [2.05, 4.69) is 4.98 Å². The highest BCUT2D eigenvalue weighted by molar-refractivity contribution is 7.92. The number of nitrogens with two attached hydrogens (primary N) is 1. The Hall–Kier alpha value is -1.47. The number of aromatic nitrogens is 1. The van der Waals surface area contributed by atoms with E-state index in [0.29, 0.717) is 0 Å². The Balaban J connectivity index is 2.51. The lowest BCUT2D eigenvalue weighted by atomic mass is 10.3. The molecule has 0 aromatic carbocycles. The fraction of sp³-hybridized carbons (Fsp3) is 0.333. The second-order valence-corrected chi connectivity index (χ2v) is 5.62. The molecule has 0 saturated carbocycles. The lowest BCUT2D eigenvalue weighted by molar-refractivity contribution is 0.0415. The van der Waals surface area contributed by atoms with Gasteiger partial charge in [0.2, 0.25) is 0 Å². The van der Waals surface area contributed by atoms with E-state index >= 15 is 0 Å². The summed E-state index contributed by atoms with van der Waals surface area (Å²) in [6, 6.07) is 2.79. The lowest BCUT2D eigenvalue weighted by Crippen LogP contribution is -2.41. The third-order valence-corrected chi connectivity index (χ3v) is 4.45. The van der Waals surface area contributed by atoms with Crippen LogP contribution in [0.2, 0.25) is 0 Å². The second-order valence-electron chi connectivity index (χ2n) is 3.42. The standard InChI is InChI=1S/C9H10N2O4S/c10-9(12)8-7(2-1-3-11-8)16(13,14)6-4-15-5-6/h1-3,6H,4-5H2,(H2,10,12). The SMILES string of the molecule is NC(=O)c1ncccc1S(=O)(=O)C1COC1. The molecule has 7 heteroatoms. The van der Waals surface area contributed by atoms with Gasteiger partial charge in [0.05, 0.1) is 18.1 Å². The number of carbonyl (C=O) groups is 1. The molecule has 0 atom stereocenters. The minimum absolute atomic E-state index is 0.115. The van der Waals surface area contributed by atoms with Crippen LogP contribution in [-0.2, 0) is 14.6 Å². The zero-order chi connectivity index (χ0) is 11.8. The molecule has 16 heavy (non-hydrogen) atoms. The van der Waals surface area contributed by atoms with E-state index in [1.54, 1.807) is 0 Å². The smallest absolute Gasteiger partial charge is 0.268 e. The number of pyridine rings is 1. The number of carbonyl (C=O) groups excluding carboxylic acids is 1. The van der Waals surface area contributed by atoms with Gasteiger partial charge in [0.25, 0.3) is 5.91 Å². The number of ether oxygens (including phenoxy) is 1. The molecule has 2 heterocycles. The monoisotopic (exact) mass is 242 g/mol. The molecule has 1 aliphatic rings. The van der Waals surface area contributed by atoms with Crippen molar-refractivity contribution >= 4 is 15.7 Å². The minimum Gasteiger partial charge on any atom is -0.379 e. The molecule has 0 bridgehead atoms. The Morgan fingerprint density at radius 3 is 2.69 bits per heavy atom. The van der Waals surface area contributed by atoms with Gasteiger partial charge in [-0.15, -0.1) is 0 Å². The normalized spacial score (nSPS) is 16.8. The summed E-state index contributed by atoms with van der Waals surface area (Å²) in [5.74, 6) is -0.848. The molecule has 1 amide bonds. The summed E-state index contributed by atoms with van der Waals surface area (Å²) >= 11 is 0.